The lowest BCUT2D eigenvalue weighted by atomic mass is 10.4. The van der Waals surface area contributed by atoms with E-state index in [0.29, 0.717) is 6.54 Å². The quantitative estimate of drug-likeness (QED) is 0.861. The molecule has 0 spiro atoms. The van der Waals surface area contributed by atoms with Gasteiger partial charge in [0, 0.05) is 17.8 Å². The summed E-state index contributed by atoms with van der Waals surface area (Å²) in [6.45, 7) is 4.63. The second kappa shape index (κ2) is 4.35. The fraction of sp³-hybridized carbons (Fsp3) is 0.300. The number of anilines is 1. The summed E-state index contributed by atoms with van der Waals surface area (Å²) in [7, 11) is 0. The van der Waals surface area contributed by atoms with E-state index in [9.17, 15) is 0 Å². The minimum Gasteiger partial charge on any atom is -0.363 e. The molecule has 0 aliphatic heterocycles. The molecule has 2 aromatic heterocycles. The molecule has 78 valence electrons. The highest BCUT2D eigenvalue weighted by Gasteiger charge is 2.01. The first-order valence-corrected chi connectivity index (χ1v) is 5.56. The van der Waals surface area contributed by atoms with Crippen LogP contribution in [0.1, 0.15) is 16.4 Å². The van der Waals surface area contributed by atoms with Crippen LogP contribution in [0.2, 0.25) is 0 Å². The molecule has 1 N–H and O–H groups in total. The van der Waals surface area contributed by atoms with Gasteiger partial charge in [0.2, 0.25) is 0 Å². The van der Waals surface area contributed by atoms with Gasteiger partial charge in [0.25, 0.3) is 0 Å². The van der Waals surface area contributed by atoms with Crippen molar-refractivity contribution >= 4 is 17.2 Å². The van der Waals surface area contributed by atoms with Gasteiger partial charge in [-0.05, 0) is 13.8 Å². The predicted octanol–water partition coefficient (Wildman–Crippen LogP) is 2.16. The summed E-state index contributed by atoms with van der Waals surface area (Å²) in [5, 5.41) is 6.35. The van der Waals surface area contributed by atoms with Crippen molar-refractivity contribution in [1.82, 2.24) is 15.0 Å². The lowest BCUT2D eigenvalue weighted by Crippen LogP contribution is -2.04. The Hall–Kier alpha value is -1.49. The van der Waals surface area contributed by atoms with Crippen molar-refractivity contribution in [2.24, 2.45) is 0 Å². The second-order valence-corrected chi connectivity index (χ2v) is 4.26. The first kappa shape index (κ1) is 10.0. The van der Waals surface area contributed by atoms with Gasteiger partial charge in [-0.1, -0.05) is 0 Å². The van der Waals surface area contributed by atoms with Gasteiger partial charge in [-0.3, -0.25) is 4.98 Å². The number of nitrogens with zero attached hydrogens (tertiary/aromatic N) is 3. The molecule has 0 aromatic carbocycles. The van der Waals surface area contributed by atoms with Crippen molar-refractivity contribution in [1.29, 1.82) is 0 Å². The summed E-state index contributed by atoms with van der Waals surface area (Å²) in [5.41, 5.74) is 1.95. The Morgan fingerprint density at radius 3 is 2.73 bits per heavy atom. The van der Waals surface area contributed by atoms with Crippen LogP contribution in [0.15, 0.2) is 17.8 Å². The first-order valence-electron chi connectivity index (χ1n) is 4.68. The number of hydrogen-bond donors (Lipinski definition) is 1. The van der Waals surface area contributed by atoms with E-state index in [1.807, 2.05) is 19.2 Å². The zero-order valence-electron chi connectivity index (χ0n) is 8.69. The molecule has 2 aromatic rings. The molecule has 0 aliphatic rings. The Bertz CT molecular complexity index is 452. The molecule has 0 amide bonds. The Balaban J connectivity index is 2.02. The molecule has 0 atom stereocenters. The van der Waals surface area contributed by atoms with Gasteiger partial charge >= 0.3 is 0 Å². The van der Waals surface area contributed by atoms with Crippen LogP contribution in [-0.2, 0) is 6.54 Å². The summed E-state index contributed by atoms with van der Waals surface area (Å²) in [6.07, 6.45) is 3.37. The molecule has 0 radical (unpaired) electrons. The largest absolute Gasteiger partial charge is 0.363 e. The van der Waals surface area contributed by atoms with Gasteiger partial charge in [-0.2, -0.15) is 0 Å². The van der Waals surface area contributed by atoms with Crippen molar-refractivity contribution < 1.29 is 0 Å². The van der Waals surface area contributed by atoms with Gasteiger partial charge in [-0.25, -0.2) is 9.97 Å². The van der Waals surface area contributed by atoms with E-state index < -0.39 is 0 Å². The molecule has 0 saturated heterocycles. The fourth-order valence-corrected chi connectivity index (χ4v) is 1.86. The molecule has 2 rings (SSSR count). The van der Waals surface area contributed by atoms with Crippen molar-refractivity contribution in [2.75, 3.05) is 5.32 Å². The highest BCUT2D eigenvalue weighted by atomic mass is 32.1. The molecule has 5 heteroatoms. The van der Waals surface area contributed by atoms with E-state index in [0.717, 1.165) is 22.2 Å². The number of rotatable bonds is 3. The van der Waals surface area contributed by atoms with Crippen molar-refractivity contribution in [3.8, 4) is 0 Å². The van der Waals surface area contributed by atoms with Crippen LogP contribution in [0.4, 0.5) is 5.82 Å². The van der Waals surface area contributed by atoms with Crippen LogP contribution in [0.3, 0.4) is 0 Å². The smallest absolute Gasteiger partial charge is 0.147 e. The predicted molar refractivity (Wildman–Crippen MR) is 60.9 cm³/mol. The second-order valence-electron chi connectivity index (χ2n) is 3.20. The van der Waals surface area contributed by atoms with Crippen LogP contribution < -0.4 is 5.32 Å². The van der Waals surface area contributed by atoms with Gasteiger partial charge < -0.3 is 5.32 Å². The Labute approximate surface area is 92.4 Å². The third-order valence-electron chi connectivity index (χ3n) is 1.98. The van der Waals surface area contributed by atoms with Gasteiger partial charge in [-0.15, -0.1) is 11.3 Å². The number of hydrogen-bond acceptors (Lipinski definition) is 5. The standard InChI is InChI=1S/C10H12N4S/c1-7-10(12-4-3-11-7)13-5-9-6-15-8(2)14-9/h3-4,6H,5H2,1-2H3,(H,12,13). The Morgan fingerprint density at radius 2 is 2.07 bits per heavy atom. The average molecular weight is 220 g/mol. The molecule has 0 saturated carbocycles. The van der Waals surface area contributed by atoms with Crippen molar-refractivity contribution in [2.45, 2.75) is 20.4 Å². The summed E-state index contributed by atoms with van der Waals surface area (Å²) in [6, 6.07) is 0. The van der Waals surface area contributed by atoms with E-state index >= 15 is 0 Å². The first-order chi connectivity index (χ1) is 7.25. The molecular formula is C10H12N4S. The highest BCUT2D eigenvalue weighted by Crippen LogP contribution is 2.11. The lowest BCUT2D eigenvalue weighted by Gasteiger charge is -2.04. The molecular weight excluding hydrogens is 208 g/mol. The third kappa shape index (κ3) is 2.50. The number of aromatic nitrogens is 3. The molecule has 15 heavy (non-hydrogen) atoms. The maximum Gasteiger partial charge on any atom is 0.147 e. The SMILES string of the molecule is Cc1nc(CNc2nccnc2C)cs1. The number of thiazole rings is 1. The summed E-state index contributed by atoms with van der Waals surface area (Å²) in [5.74, 6) is 0.822. The molecule has 0 unspecified atom stereocenters. The molecule has 0 aliphatic carbocycles. The highest BCUT2D eigenvalue weighted by molar-refractivity contribution is 7.09. The molecule has 0 bridgehead atoms. The normalized spacial score (nSPS) is 10.3. The van der Waals surface area contributed by atoms with E-state index in [1.165, 1.54) is 0 Å². The zero-order valence-corrected chi connectivity index (χ0v) is 9.51. The van der Waals surface area contributed by atoms with Crippen molar-refractivity contribution in [3.05, 3.63) is 34.2 Å². The monoisotopic (exact) mass is 220 g/mol. The van der Waals surface area contributed by atoms with Crippen LogP contribution in [-0.4, -0.2) is 15.0 Å². The van der Waals surface area contributed by atoms with Crippen LogP contribution in [0.5, 0.6) is 0 Å². The summed E-state index contributed by atoms with van der Waals surface area (Å²) >= 11 is 1.66. The zero-order chi connectivity index (χ0) is 10.7. The molecule has 2 heterocycles. The van der Waals surface area contributed by atoms with Crippen LogP contribution in [0.25, 0.3) is 0 Å². The Kier molecular flexibility index (Phi) is 2.91. The van der Waals surface area contributed by atoms with Gasteiger partial charge in [0.15, 0.2) is 0 Å². The summed E-state index contributed by atoms with van der Waals surface area (Å²) < 4.78 is 0. The number of aryl methyl sites for hydroxylation is 2. The fourth-order valence-electron chi connectivity index (χ4n) is 1.24. The van der Waals surface area contributed by atoms with E-state index in [2.05, 4.69) is 20.3 Å². The molecule has 0 fully saturated rings. The lowest BCUT2D eigenvalue weighted by molar-refractivity contribution is 1.01. The number of nitrogens with one attached hydrogen (secondary N) is 1. The Morgan fingerprint density at radius 1 is 1.27 bits per heavy atom. The van der Waals surface area contributed by atoms with Crippen LogP contribution >= 0.6 is 11.3 Å². The van der Waals surface area contributed by atoms with E-state index in [4.69, 9.17) is 0 Å². The van der Waals surface area contributed by atoms with E-state index in [1.54, 1.807) is 23.7 Å². The third-order valence-corrected chi connectivity index (χ3v) is 2.81. The minimum absolute atomic E-state index is 0.698. The van der Waals surface area contributed by atoms with Gasteiger partial charge in [0.05, 0.1) is 22.9 Å². The van der Waals surface area contributed by atoms with Gasteiger partial charge in [0.1, 0.15) is 5.82 Å². The summed E-state index contributed by atoms with van der Waals surface area (Å²) in [4.78, 5) is 12.7. The topological polar surface area (TPSA) is 50.7 Å². The molecule has 4 nitrogen and oxygen atoms in total. The van der Waals surface area contributed by atoms with Crippen molar-refractivity contribution in [3.63, 3.8) is 0 Å². The maximum absolute atomic E-state index is 4.36. The maximum atomic E-state index is 4.36. The minimum atomic E-state index is 0.698. The van der Waals surface area contributed by atoms with Crippen LogP contribution in [0, 0.1) is 13.8 Å². The average Bonchev–Trinajstić information content (AvgIpc) is 2.63. The van der Waals surface area contributed by atoms with E-state index in [-0.39, 0.29) is 0 Å².